The zero-order valence-electron chi connectivity index (χ0n) is 8.97. The lowest BCUT2D eigenvalue weighted by Gasteiger charge is -2.06. The maximum absolute atomic E-state index is 13.2. The van der Waals surface area contributed by atoms with E-state index in [1.54, 1.807) is 18.2 Å². The molecule has 2 aromatic carbocycles. The number of halogens is 2. The van der Waals surface area contributed by atoms with E-state index in [4.69, 9.17) is 4.74 Å². The number of nitro benzene ring substituents is 1. The smallest absolute Gasteiger partial charge is 0.276 e. The Morgan fingerprint density at radius 2 is 1.94 bits per heavy atom. The summed E-state index contributed by atoms with van der Waals surface area (Å²) in [6.07, 6.45) is 0. The standard InChI is InChI=1S/C12H7FINO3/c13-8-4-10(15(16)17)7-12(5-8)18-11-3-1-2-9(14)6-11/h1-7H. The second-order valence-electron chi connectivity index (χ2n) is 3.46. The Bertz CT molecular complexity index is 604. The predicted octanol–water partition coefficient (Wildman–Crippen LogP) is 4.13. The molecule has 0 heterocycles. The zero-order chi connectivity index (χ0) is 13.1. The van der Waals surface area contributed by atoms with Crippen molar-refractivity contribution in [3.63, 3.8) is 0 Å². The molecule has 0 saturated heterocycles. The maximum atomic E-state index is 13.2. The van der Waals surface area contributed by atoms with Crippen molar-refractivity contribution in [2.45, 2.75) is 0 Å². The summed E-state index contributed by atoms with van der Waals surface area (Å²) in [5.74, 6) is -0.102. The highest BCUT2D eigenvalue weighted by atomic mass is 127. The van der Waals surface area contributed by atoms with Crippen LogP contribution in [-0.2, 0) is 0 Å². The van der Waals surface area contributed by atoms with Gasteiger partial charge in [0.25, 0.3) is 5.69 Å². The molecule has 0 aliphatic carbocycles. The fraction of sp³-hybridized carbons (Fsp3) is 0. The molecule has 0 amide bonds. The Hall–Kier alpha value is -1.70. The van der Waals surface area contributed by atoms with Crippen molar-refractivity contribution >= 4 is 28.3 Å². The lowest BCUT2D eigenvalue weighted by atomic mass is 10.3. The SMILES string of the molecule is O=[N+]([O-])c1cc(F)cc(Oc2cccc(I)c2)c1. The van der Waals surface area contributed by atoms with Gasteiger partial charge in [-0.2, -0.15) is 0 Å². The fourth-order valence-electron chi connectivity index (χ4n) is 1.38. The van der Waals surface area contributed by atoms with Gasteiger partial charge in [0, 0.05) is 9.64 Å². The first kappa shape index (κ1) is 12.7. The quantitative estimate of drug-likeness (QED) is 0.470. The molecule has 0 unspecified atom stereocenters. The van der Waals surface area contributed by atoms with Crippen LogP contribution in [0.1, 0.15) is 0 Å². The van der Waals surface area contributed by atoms with Crippen molar-refractivity contribution in [1.29, 1.82) is 0 Å². The molecule has 0 atom stereocenters. The second-order valence-corrected chi connectivity index (χ2v) is 4.71. The summed E-state index contributed by atoms with van der Waals surface area (Å²) in [5.41, 5.74) is -0.337. The Kier molecular flexibility index (Phi) is 3.75. The van der Waals surface area contributed by atoms with Crippen molar-refractivity contribution in [2.75, 3.05) is 0 Å². The van der Waals surface area contributed by atoms with E-state index in [0.29, 0.717) is 5.75 Å². The van der Waals surface area contributed by atoms with Crippen LogP contribution in [0.5, 0.6) is 11.5 Å². The van der Waals surface area contributed by atoms with Crippen LogP contribution in [0.4, 0.5) is 10.1 Å². The number of rotatable bonds is 3. The number of ether oxygens (including phenoxy) is 1. The van der Waals surface area contributed by atoms with Crippen LogP contribution in [0, 0.1) is 19.5 Å². The molecule has 0 radical (unpaired) electrons. The normalized spacial score (nSPS) is 10.1. The molecule has 2 aromatic rings. The molecule has 0 N–H and O–H groups in total. The molecule has 6 heteroatoms. The van der Waals surface area contributed by atoms with Crippen molar-refractivity contribution in [3.8, 4) is 11.5 Å². The van der Waals surface area contributed by atoms with E-state index in [1.165, 1.54) is 6.07 Å². The number of nitro groups is 1. The van der Waals surface area contributed by atoms with Crippen LogP contribution >= 0.6 is 22.6 Å². The molecular weight excluding hydrogens is 352 g/mol. The Morgan fingerprint density at radius 3 is 2.61 bits per heavy atom. The molecule has 0 aromatic heterocycles. The highest BCUT2D eigenvalue weighted by Gasteiger charge is 2.11. The van der Waals surface area contributed by atoms with Gasteiger partial charge in [-0.3, -0.25) is 10.1 Å². The molecule has 0 fully saturated rings. The van der Waals surface area contributed by atoms with Gasteiger partial charge in [0.2, 0.25) is 0 Å². The van der Waals surface area contributed by atoms with E-state index in [-0.39, 0.29) is 11.4 Å². The average Bonchev–Trinajstić information content (AvgIpc) is 2.28. The van der Waals surface area contributed by atoms with Crippen molar-refractivity contribution in [3.05, 3.63) is 62.0 Å². The third-order valence-electron chi connectivity index (χ3n) is 2.10. The molecule has 0 saturated carbocycles. The molecule has 92 valence electrons. The fourth-order valence-corrected chi connectivity index (χ4v) is 1.89. The number of non-ortho nitro benzene ring substituents is 1. The number of hydrogen-bond acceptors (Lipinski definition) is 3. The molecule has 0 bridgehead atoms. The third-order valence-corrected chi connectivity index (χ3v) is 2.77. The van der Waals surface area contributed by atoms with Crippen molar-refractivity contribution < 1.29 is 14.1 Å². The van der Waals surface area contributed by atoms with Crippen LogP contribution in [-0.4, -0.2) is 4.92 Å². The lowest BCUT2D eigenvalue weighted by Crippen LogP contribution is -1.91. The van der Waals surface area contributed by atoms with E-state index in [2.05, 4.69) is 22.6 Å². The van der Waals surface area contributed by atoms with E-state index in [9.17, 15) is 14.5 Å². The minimum absolute atomic E-state index is 0.101. The first-order chi connectivity index (χ1) is 8.54. The van der Waals surface area contributed by atoms with Crippen LogP contribution in [0.25, 0.3) is 0 Å². The molecule has 4 nitrogen and oxygen atoms in total. The Morgan fingerprint density at radius 1 is 1.17 bits per heavy atom. The minimum Gasteiger partial charge on any atom is -0.457 e. The van der Waals surface area contributed by atoms with E-state index >= 15 is 0 Å². The second kappa shape index (κ2) is 5.30. The lowest BCUT2D eigenvalue weighted by molar-refractivity contribution is -0.385. The Labute approximate surface area is 116 Å². The van der Waals surface area contributed by atoms with Crippen LogP contribution in [0.2, 0.25) is 0 Å². The van der Waals surface area contributed by atoms with Crippen LogP contribution < -0.4 is 4.74 Å². The van der Waals surface area contributed by atoms with Crippen LogP contribution in [0.15, 0.2) is 42.5 Å². The van der Waals surface area contributed by atoms with Gasteiger partial charge in [-0.1, -0.05) is 6.07 Å². The zero-order valence-corrected chi connectivity index (χ0v) is 11.1. The predicted molar refractivity (Wildman–Crippen MR) is 72.3 cm³/mol. The van der Waals surface area contributed by atoms with Gasteiger partial charge in [0.05, 0.1) is 17.1 Å². The average molecular weight is 359 g/mol. The molecule has 18 heavy (non-hydrogen) atoms. The van der Waals surface area contributed by atoms with Gasteiger partial charge in [0.15, 0.2) is 0 Å². The van der Waals surface area contributed by atoms with Gasteiger partial charge in [0.1, 0.15) is 17.3 Å². The summed E-state index contributed by atoms with van der Waals surface area (Å²) >= 11 is 2.11. The molecule has 0 aliphatic rings. The third kappa shape index (κ3) is 3.16. The summed E-state index contributed by atoms with van der Waals surface area (Å²) < 4.78 is 19.5. The molecular formula is C12H7FINO3. The summed E-state index contributed by atoms with van der Waals surface area (Å²) in [6.45, 7) is 0. The van der Waals surface area contributed by atoms with Gasteiger partial charge < -0.3 is 4.74 Å². The van der Waals surface area contributed by atoms with E-state index in [0.717, 1.165) is 15.7 Å². The minimum atomic E-state index is -0.704. The van der Waals surface area contributed by atoms with E-state index < -0.39 is 10.7 Å². The highest BCUT2D eigenvalue weighted by Crippen LogP contribution is 2.27. The first-order valence-corrected chi connectivity index (χ1v) is 6.01. The van der Waals surface area contributed by atoms with Crippen molar-refractivity contribution in [1.82, 2.24) is 0 Å². The highest BCUT2D eigenvalue weighted by molar-refractivity contribution is 14.1. The van der Waals surface area contributed by atoms with Gasteiger partial charge >= 0.3 is 0 Å². The largest absolute Gasteiger partial charge is 0.457 e. The first-order valence-electron chi connectivity index (χ1n) is 4.93. The summed E-state index contributed by atoms with van der Waals surface area (Å²) in [6, 6.07) is 10.2. The molecule has 0 spiro atoms. The molecule has 2 rings (SSSR count). The van der Waals surface area contributed by atoms with Gasteiger partial charge in [-0.15, -0.1) is 0 Å². The van der Waals surface area contributed by atoms with Gasteiger partial charge in [-0.05, 0) is 40.8 Å². The maximum Gasteiger partial charge on any atom is 0.276 e. The van der Waals surface area contributed by atoms with Crippen molar-refractivity contribution in [2.24, 2.45) is 0 Å². The summed E-state index contributed by atoms with van der Waals surface area (Å²) in [7, 11) is 0. The molecule has 0 aliphatic heterocycles. The number of hydrogen-bond donors (Lipinski definition) is 0. The number of nitrogens with zero attached hydrogens (tertiary/aromatic N) is 1. The van der Waals surface area contributed by atoms with E-state index in [1.807, 2.05) is 6.07 Å². The number of benzene rings is 2. The van der Waals surface area contributed by atoms with Gasteiger partial charge in [-0.25, -0.2) is 4.39 Å². The summed E-state index contributed by atoms with van der Waals surface area (Å²) in [5, 5.41) is 10.6. The van der Waals surface area contributed by atoms with Crippen LogP contribution in [0.3, 0.4) is 0 Å². The Balaban J connectivity index is 2.31. The summed E-state index contributed by atoms with van der Waals surface area (Å²) in [4.78, 5) is 9.93. The monoisotopic (exact) mass is 359 g/mol. The topological polar surface area (TPSA) is 52.4 Å².